The number of carbonyl (C=O) groups is 2. The highest BCUT2D eigenvalue weighted by Gasteiger charge is 2.32. The van der Waals surface area contributed by atoms with Crippen LogP contribution in [0.25, 0.3) is 0 Å². The molecule has 2 amide bonds. The van der Waals surface area contributed by atoms with Gasteiger partial charge in [0.2, 0.25) is 6.10 Å². The first-order valence-corrected chi connectivity index (χ1v) is 7.63. The Balaban J connectivity index is 1.57. The number of carbonyl (C=O) groups excluding carboxylic acids is 2. The summed E-state index contributed by atoms with van der Waals surface area (Å²) in [7, 11) is 1.28. The lowest BCUT2D eigenvalue weighted by Crippen LogP contribution is -2.41. The third kappa shape index (κ3) is 3.97. The zero-order valence-electron chi connectivity index (χ0n) is 13.6. The van der Waals surface area contributed by atoms with Crippen LogP contribution in [0.1, 0.15) is 12.0 Å². The van der Waals surface area contributed by atoms with Gasteiger partial charge in [0.15, 0.2) is 5.76 Å². The average Bonchev–Trinajstić information content (AvgIpc) is 3.23. The van der Waals surface area contributed by atoms with Gasteiger partial charge in [-0.3, -0.25) is 14.4 Å². The number of hydrogen-bond acceptors (Lipinski definition) is 6. The molecule has 2 unspecified atom stereocenters. The second kappa shape index (κ2) is 7.48. The van der Waals surface area contributed by atoms with E-state index in [0.717, 1.165) is 18.2 Å². The van der Waals surface area contributed by atoms with E-state index in [1.165, 1.54) is 13.2 Å². The quantitative estimate of drug-likeness (QED) is 0.740. The summed E-state index contributed by atoms with van der Waals surface area (Å²) in [5.41, 5.74) is 2.57. The Labute approximate surface area is 146 Å². The predicted octanol–water partition coefficient (Wildman–Crippen LogP) is 0.534. The maximum absolute atomic E-state index is 13.3. The van der Waals surface area contributed by atoms with Crippen molar-refractivity contribution in [1.82, 2.24) is 10.8 Å². The fourth-order valence-electron chi connectivity index (χ4n) is 2.51. The molecule has 1 aromatic rings. The molecule has 10 heteroatoms. The van der Waals surface area contributed by atoms with Gasteiger partial charge >= 0.3 is 5.91 Å². The topological polar surface area (TPSA) is 98.3 Å². The monoisotopic (exact) mass is 367 g/mol. The predicted molar refractivity (Wildman–Crippen MR) is 83.5 cm³/mol. The van der Waals surface area contributed by atoms with E-state index in [1.54, 1.807) is 0 Å². The van der Waals surface area contributed by atoms with Crippen molar-refractivity contribution >= 4 is 17.5 Å². The maximum atomic E-state index is 13.3. The van der Waals surface area contributed by atoms with E-state index in [9.17, 15) is 18.4 Å². The van der Waals surface area contributed by atoms with Gasteiger partial charge in [-0.2, -0.15) is 0 Å². The Hall–Kier alpha value is -3.01. The number of nitrogens with one attached hydrogen (secondary N) is 2. The molecular formula is C16H15F2N3O5. The van der Waals surface area contributed by atoms with Crippen LogP contribution >= 0.6 is 0 Å². The van der Waals surface area contributed by atoms with Gasteiger partial charge in [0, 0.05) is 18.1 Å². The summed E-state index contributed by atoms with van der Waals surface area (Å²) < 4.78 is 31.7. The first-order chi connectivity index (χ1) is 12.5. The number of benzene rings is 1. The number of ether oxygens (including phenoxy) is 1. The highest BCUT2D eigenvalue weighted by molar-refractivity contribution is 6.04. The Morgan fingerprint density at radius 2 is 2.00 bits per heavy atom. The summed E-state index contributed by atoms with van der Waals surface area (Å²) in [4.78, 5) is 33.3. The number of oxime groups is 1. The molecule has 8 nitrogen and oxygen atoms in total. The van der Waals surface area contributed by atoms with Crippen LogP contribution in [-0.2, 0) is 24.0 Å². The van der Waals surface area contributed by atoms with Crippen molar-refractivity contribution in [3.05, 3.63) is 47.2 Å². The van der Waals surface area contributed by atoms with Crippen LogP contribution in [0.2, 0.25) is 0 Å². The Kier molecular flexibility index (Phi) is 5.12. The summed E-state index contributed by atoms with van der Waals surface area (Å²) >= 11 is 0. The largest absolute Gasteiger partial charge is 0.486 e. The summed E-state index contributed by atoms with van der Waals surface area (Å²) in [5.74, 6) is -2.52. The first kappa shape index (κ1) is 17.8. The van der Waals surface area contributed by atoms with Crippen LogP contribution in [0.15, 0.2) is 35.2 Å². The van der Waals surface area contributed by atoms with Crippen LogP contribution < -0.4 is 10.8 Å². The summed E-state index contributed by atoms with van der Waals surface area (Å²) in [6.45, 7) is 0.0771. The van der Waals surface area contributed by atoms with Crippen molar-refractivity contribution in [1.29, 1.82) is 0 Å². The van der Waals surface area contributed by atoms with Crippen LogP contribution in [0.3, 0.4) is 0 Å². The minimum absolute atomic E-state index is 0.0247. The van der Waals surface area contributed by atoms with E-state index >= 15 is 0 Å². The van der Waals surface area contributed by atoms with Crippen molar-refractivity contribution in [2.75, 3.05) is 13.7 Å². The van der Waals surface area contributed by atoms with Crippen molar-refractivity contribution in [2.24, 2.45) is 5.16 Å². The molecular weight excluding hydrogens is 352 g/mol. The SMILES string of the molecule is CONC(=O)C1=CC(NC(=O)C2CC(c3cc(F)cc(F)c3)=NO2)CO1. The molecule has 2 aliphatic heterocycles. The van der Waals surface area contributed by atoms with Crippen molar-refractivity contribution in [2.45, 2.75) is 18.6 Å². The molecule has 138 valence electrons. The Bertz CT molecular complexity index is 776. The minimum Gasteiger partial charge on any atom is -0.486 e. The van der Waals surface area contributed by atoms with Crippen molar-refractivity contribution in [3.63, 3.8) is 0 Å². The number of hydroxylamine groups is 1. The van der Waals surface area contributed by atoms with Gasteiger partial charge < -0.3 is 14.9 Å². The molecule has 2 heterocycles. The molecule has 0 radical (unpaired) electrons. The number of amides is 2. The molecule has 0 spiro atoms. The van der Waals surface area contributed by atoms with Crippen molar-refractivity contribution in [3.8, 4) is 0 Å². The van der Waals surface area contributed by atoms with Gasteiger partial charge in [-0.05, 0) is 18.2 Å². The van der Waals surface area contributed by atoms with Crippen LogP contribution in [0, 0.1) is 11.6 Å². The third-order valence-corrected chi connectivity index (χ3v) is 3.67. The van der Waals surface area contributed by atoms with E-state index in [4.69, 9.17) is 9.57 Å². The lowest BCUT2D eigenvalue weighted by atomic mass is 10.0. The summed E-state index contributed by atoms with van der Waals surface area (Å²) in [6.07, 6.45) is 0.551. The van der Waals surface area contributed by atoms with Gasteiger partial charge in [0.1, 0.15) is 18.2 Å². The molecule has 3 rings (SSSR count). The molecule has 2 atom stereocenters. The van der Waals surface area contributed by atoms with E-state index in [2.05, 4.69) is 20.8 Å². The smallest absolute Gasteiger partial charge is 0.309 e. The second-order valence-corrected chi connectivity index (χ2v) is 5.59. The zero-order valence-corrected chi connectivity index (χ0v) is 13.6. The van der Waals surface area contributed by atoms with Crippen LogP contribution in [0.4, 0.5) is 8.78 Å². The van der Waals surface area contributed by atoms with E-state index in [-0.39, 0.29) is 30.1 Å². The lowest BCUT2D eigenvalue weighted by molar-refractivity contribution is -0.131. The molecule has 2 aliphatic rings. The highest BCUT2D eigenvalue weighted by Crippen LogP contribution is 2.19. The number of rotatable bonds is 5. The molecule has 0 saturated carbocycles. The van der Waals surface area contributed by atoms with Gasteiger partial charge in [0.05, 0.1) is 18.9 Å². The minimum atomic E-state index is -0.943. The van der Waals surface area contributed by atoms with Gasteiger partial charge in [-0.1, -0.05) is 5.16 Å². The fraction of sp³-hybridized carbons (Fsp3) is 0.312. The van der Waals surface area contributed by atoms with Gasteiger partial charge in [0.25, 0.3) is 5.91 Å². The van der Waals surface area contributed by atoms with Crippen molar-refractivity contribution < 1.29 is 32.8 Å². The molecule has 1 aromatic carbocycles. The lowest BCUT2D eigenvalue weighted by Gasteiger charge is -2.12. The number of nitrogens with zero attached hydrogens (tertiary/aromatic N) is 1. The van der Waals surface area contributed by atoms with Gasteiger partial charge in [-0.25, -0.2) is 14.3 Å². The van der Waals surface area contributed by atoms with E-state index in [0.29, 0.717) is 0 Å². The molecule has 0 fully saturated rings. The molecule has 0 saturated heterocycles. The highest BCUT2D eigenvalue weighted by atomic mass is 19.1. The maximum Gasteiger partial charge on any atom is 0.309 e. The first-order valence-electron chi connectivity index (χ1n) is 7.63. The normalized spacial score (nSPS) is 21.3. The third-order valence-electron chi connectivity index (χ3n) is 3.67. The van der Waals surface area contributed by atoms with Gasteiger partial charge in [-0.15, -0.1) is 0 Å². The summed E-state index contributed by atoms with van der Waals surface area (Å²) in [6, 6.07) is 2.44. The Morgan fingerprint density at radius 1 is 1.27 bits per heavy atom. The molecule has 26 heavy (non-hydrogen) atoms. The molecule has 0 bridgehead atoms. The van der Waals surface area contributed by atoms with Crippen LogP contribution in [-0.4, -0.2) is 43.4 Å². The second-order valence-electron chi connectivity index (χ2n) is 5.59. The molecule has 0 aliphatic carbocycles. The molecule has 2 N–H and O–H groups in total. The number of hydrogen-bond donors (Lipinski definition) is 2. The number of halogens is 2. The molecule has 0 aromatic heterocycles. The Morgan fingerprint density at radius 3 is 2.69 bits per heavy atom. The van der Waals surface area contributed by atoms with E-state index in [1.807, 2.05) is 0 Å². The standard InChI is InChI=1S/C16H15F2N3O5/c1-24-21-16(23)13-5-11(7-25-13)19-15(22)14-6-12(20-26-14)8-2-9(17)4-10(18)3-8/h2-5,11,14H,6-7H2,1H3,(H,19,22)(H,21,23). The van der Waals surface area contributed by atoms with E-state index < -0.39 is 35.6 Å². The zero-order chi connectivity index (χ0) is 18.7. The fourth-order valence-corrected chi connectivity index (χ4v) is 2.51. The van der Waals surface area contributed by atoms with Crippen LogP contribution in [0.5, 0.6) is 0 Å². The summed E-state index contributed by atoms with van der Waals surface area (Å²) in [5, 5.41) is 6.36. The average molecular weight is 367 g/mol.